The van der Waals surface area contributed by atoms with Crippen molar-refractivity contribution in [3.8, 4) is 18.1 Å². The minimum atomic E-state index is 0. The molecular formula is C18H20ClNO. The van der Waals surface area contributed by atoms with E-state index in [2.05, 4.69) is 36.4 Å². The van der Waals surface area contributed by atoms with Gasteiger partial charge in [-0.25, -0.2) is 0 Å². The van der Waals surface area contributed by atoms with Crippen molar-refractivity contribution >= 4 is 12.4 Å². The number of ether oxygens (including phenoxy) is 1. The summed E-state index contributed by atoms with van der Waals surface area (Å²) >= 11 is 0. The van der Waals surface area contributed by atoms with Gasteiger partial charge in [-0.15, -0.1) is 18.8 Å². The Bertz CT molecular complexity index is 604. The molecule has 1 N–H and O–H groups in total. The van der Waals surface area contributed by atoms with Crippen LogP contribution in [-0.2, 0) is 13.2 Å². The van der Waals surface area contributed by atoms with Gasteiger partial charge in [0.15, 0.2) is 0 Å². The Morgan fingerprint density at radius 3 is 2.71 bits per heavy atom. The predicted molar refractivity (Wildman–Crippen MR) is 89.7 cm³/mol. The molecule has 0 aliphatic heterocycles. The molecule has 2 aromatic rings. The maximum absolute atomic E-state index is 5.85. The number of benzene rings is 2. The van der Waals surface area contributed by atoms with E-state index in [0.717, 1.165) is 12.3 Å². The second-order valence-electron chi connectivity index (χ2n) is 4.67. The van der Waals surface area contributed by atoms with E-state index in [1.54, 1.807) is 0 Å². The van der Waals surface area contributed by atoms with Crippen LogP contribution in [0.3, 0.4) is 0 Å². The second kappa shape index (κ2) is 9.07. The lowest BCUT2D eigenvalue weighted by Crippen LogP contribution is -2.12. The first-order valence-electron chi connectivity index (χ1n) is 6.70. The highest BCUT2D eigenvalue weighted by Crippen LogP contribution is 2.16. The summed E-state index contributed by atoms with van der Waals surface area (Å²) in [7, 11) is 0. The highest BCUT2D eigenvalue weighted by molar-refractivity contribution is 5.85. The zero-order valence-electron chi connectivity index (χ0n) is 12.1. The second-order valence-corrected chi connectivity index (χ2v) is 4.67. The number of halogens is 1. The number of rotatable bonds is 6. The summed E-state index contributed by atoms with van der Waals surface area (Å²) in [4.78, 5) is 0. The molecule has 21 heavy (non-hydrogen) atoms. The van der Waals surface area contributed by atoms with Gasteiger partial charge in [0.2, 0.25) is 0 Å². The summed E-state index contributed by atoms with van der Waals surface area (Å²) in [6.45, 7) is 4.02. The number of terminal acetylenes is 1. The molecule has 0 radical (unpaired) electrons. The van der Waals surface area contributed by atoms with Crippen LogP contribution in [0.2, 0.25) is 0 Å². The molecule has 0 aromatic heterocycles. The standard InChI is InChI=1S/C18H19NO.ClH/c1-3-11-19-13-16-8-6-10-18(12-16)20-14-17-9-5-4-7-15(17)2;/h1,4-10,12,19H,11,13-14H2,2H3;1H. The Morgan fingerprint density at radius 1 is 1.14 bits per heavy atom. The van der Waals surface area contributed by atoms with Crippen LogP contribution < -0.4 is 10.1 Å². The fourth-order valence-electron chi connectivity index (χ4n) is 1.96. The van der Waals surface area contributed by atoms with Crippen molar-refractivity contribution in [3.63, 3.8) is 0 Å². The lowest BCUT2D eigenvalue weighted by Gasteiger charge is -2.10. The number of hydrogen-bond acceptors (Lipinski definition) is 2. The number of hydrogen-bond donors (Lipinski definition) is 1. The highest BCUT2D eigenvalue weighted by atomic mass is 35.5. The Labute approximate surface area is 132 Å². The van der Waals surface area contributed by atoms with Crippen LogP contribution >= 0.6 is 12.4 Å². The van der Waals surface area contributed by atoms with Crippen molar-refractivity contribution in [1.82, 2.24) is 5.32 Å². The average Bonchev–Trinajstić information content (AvgIpc) is 2.47. The fraction of sp³-hybridized carbons (Fsp3) is 0.222. The van der Waals surface area contributed by atoms with Crippen molar-refractivity contribution in [3.05, 3.63) is 65.2 Å². The molecule has 110 valence electrons. The molecular weight excluding hydrogens is 282 g/mol. The summed E-state index contributed by atoms with van der Waals surface area (Å²) in [5.74, 6) is 3.45. The molecule has 0 spiro atoms. The summed E-state index contributed by atoms with van der Waals surface area (Å²) in [6.07, 6.45) is 5.21. The molecule has 0 bridgehead atoms. The fourth-order valence-corrected chi connectivity index (χ4v) is 1.96. The molecule has 0 amide bonds. The van der Waals surface area contributed by atoms with Crippen LogP contribution in [0.25, 0.3) is 0 Å². The van der Waals surface area contributed by atoms with Crippen LogP contribution in [0, 0.1) is 19.3 Å². The monoisotopic (exact) mass is 301 g/mol. The van der Waals surface area contributed by atoms with Crippen LogP contribution in [0.5, 0.6) is 5.75 Å². The lowest BCUT2D eigenvalue weighted by atomic mass is 10.1. The third-order valence-electron chi connectivity index (χ3n) is 3.11. The van der Waals surface area contributed by atoms with Gasteiger partial charge in [0.1, 0.15) is 12.4 Å². The summed E-state index contributed by atoms with van der Waals surface area (Å²) in [5, 5.41) is 3.17. The first-order chi connectivity index (χ1) is 9.79. The van der Waals surface area contributed by atoms with Gasteiger partial charge in [0.25, 0.3) is 0 Å². The van der Waals surface area contributed by atoms with Gasteiger partial charge in [-0.05, 0) is 35.7 Å². The Hall–Kier alpha value is -1.95. The molecule has 0 saturated carbocycles. The van der Waals surface area contributed by atoms with Crippen molar-refractivity contribution < 1.29 is 4.74 Å². The molecule has 2 aromatic carbocycles. The zero-order chi connectivity index (χ0) is 14.2. The largest absolute Gasteiger partial charge is 0.489 e. The molecule has 0 fully saturated rings. The van der Waals surface area contributed by atoms with Gasteiger partial charge >= 0.3 is 0 Å². The van der Waals surface area contributed by atoms with E-state index in [9.17, 15) is 0 Å². The normalized spacial score (nSPS) is 9.52. The topological polar surface area (TPSA) is 21.3 Å². The van der Waals surface area contributed by atoms with Crippen LogP contribution in [-0.4, -0.2) is 6.54 Å². The molecule has 0 heterocycles. The average molecular weight is 302 g/mol. The number of nitrogens with one attached hydrogen (secondary N) is 1. The lowest BCUT2D eigenvalue weighted by molar-refractivity contribution is 0.305. The molecule has 0 saturated heterocycles. The van der Waals surface area contributed by atoms with E-state index < -0.39 is 0 Å². The quantitative estimate of drug-likeness (QED) is 0.648. The van der Waals surface area contributed by atoms with Gasteiger partial charge in [0, 0.05) is 6.54 Å². The molecule has 0 unspecified atom stereocenters. The Morgan fingerprint density at radius 2 is 1.95 bits per heavy atom. The van der Waals surface area contributed by atoms with E-state index >= 15 is 0 Å². The SMILES string of the molecule is C#CCNCc1cccc(OCc2ccccc2C)c1.Cl. The van der Waals surface area contributed by atoms with Crippen molar-refractivity contribution in [1.29, 1.82) is 0 Å². The van der Waals surface area contributed by atoms with Gasteiger partial charge in [0.05, 0.1) is 6.54 Å². The van der Waals surface area contributed by atoms with Crippen molar-refractivity contribution in [2.45, 2.75) is 20.1 Å². The van der Waals surface area contributed by atoms with E-state index in [-0.39, 0.29) is 12.4 Å². The molecule has 0 atom stereocenters. The van der Waals surface area contributed by atoms with Gasteiger partial charge in [-0.3, -0.25) is 0 Å². The third kappa shape index (κ3) is 5.51. The number of aryl methyl sites for hydroxylation is 1. The Kier molecular flexibility index (Phi) is 7.39. The highest BCUT2D eigenvalue weighted by Gasteiger charge is 2.00. The molecule has 2 nitrogen and oxygen atoms in total. The first kappa shape index (κ1) is 17.1. The minimum Gasteiger partial charge on any atom is -0.489 e. The summed E-state index contributed by atoms with van der Waals surface area (Å²) < 4.78 is 5.85. The van der Waals surface area contributed by atoms with Crippen molar-refractivity contribution in [2.24, 2.45) is 0 Å². The Balaban J connectivity index is 0.00000220. The van der Waals surface area contributed by atoms with E-state index in [1.165, 1.54) is 16.7 Å². The summed E-state index contributed by atoms with van der Waals surface area (Å²) in [6, 6.07) is 16.3. The van der Waals surface area contributed by atoms with E-state index in [1.807, 2.05) is 30.3 Å². The predicted octanol–water partition coefficient (Wildman–Crippen LogP) is 3.72. The molecule has 0 aliphatic rings. The molecule has 3 heteroatoms. The van der Waals surface area contributed by atoms with Crippen LogP contribution in [0.15, 0.2) is 48.5 Å². The van der Waals surface area contributed by atoms with Crippen molar-refractivity contribution in [2.75, 3.05) is 6.54 Å². The van der Waals surface area contributed by atoms with E-state index in [4.69, 9.17) is 11.2 Å². The maximum Gasteiger partial charge on any atom is 0.120 e. The third-order valence-corrected chi connectivity index (χ3v) is 3.11. The van der Waals surface area contributed by atoms with Gasteiger partial charge in [-0.1, -0.05) is 42.3 Å². The molecule has 0 aliphatic carbocycles. The first-order valence-corrected chi connectivity index (χ1v) is 6.70. The van der Waals surface area contributed by atoms with Crippen LogP contribution in [0.4, 0.5) is 0 Å². The molecule has 2 rings (SSSR count). The summed E-state index contributed by atoms with van der Waals surface area (Å²) in [5.41, 5.74) is 3.63. The van der Waals surface area contributed by atoms with Gasteiger partial charge < -0.3 is 10.1 Å². The van der Waals surface area contributed by atoms with Crippen LogP contribution in [0.1, 0.15) is 16.7 Å². The maximum atomic E-state index is 5.85. The zero-order valence-corrected chi connectivity index (χ0v) is 13.0. The van der Waals surface area contributed by atoms with E-state index in [0.29, 0.717) is 13.2 Å². The van der Waals surface area contributed by atoms with Gasteiger partial charge in [-0.2, -0.15) is 0 Å². The smallest absolute Gasteiger partial charge is 0.120 e. The minimum absolute atomic E-state index is 0.